The van der Waals surface area contributed by atoms with Crippen LogP contribution in [0.2, 0.25) is 0 Å². The molecule has 0 saturated heterocycles. The third kappa shape index (κ3) is 3.85. The standard InChI is InChI=1S/C24H21N3O3/c28-24(12-18-8-5-7-17-6-1-2-9-21(17)18)26-19-13-25-27(14-19)15-20-16-29-22-10-3-4-11-23(22)30-20/h1-11,13-14,20H,12,15-16H2,(H,26,28). The number of carbonyl (C=O) groups is 1. The molecule has 5 rings (SSSR count). The van der Waals surface area contributed by atoms with Gasteiger partial charge in [0.05, 0.1) is 24.8 Å². The summed E-state index contributed by atoms with van der Waals surface area (Å²) in [6, 6.07) is 21.7. The number of carbonyl (C=O) groups excluding carboxylic acids is 1. The van der Waals surface area contributed by atoms with Gasteiger partial charge < -0.3 is 14.8 Å². The van der Waals surface area contributed by atoms with Crippen LogP contribution in [0, 0.1) is 0 Å². The second-order valence-electron chi connectivity index (χ2n) is 7.31. The monoisotopic (exact) mass is 399 g/mol. The molecule has 0 aliphatic carbocycles. The molecule has 6 nitrogen and oxygen atoms in total. The van der Waals surface area contributed by atoms with Gasteiger partial charge in [0, 0.05) is 6.20 Å². The van der Waals surface area contributed by atoms with Crippen molar-refractivity contribution in [2.45, 2.75) is 19.1 Å². The predicted octanol–water partition coefficient (Wildman–Crippen LogP) is 4.06. The largest absolute Gasteiger partial charge is 0.486 e. The van der Waals surface area contributed by atoms with Crippen LogP contribution in [0.15, 0.2) is 79.1 Å². The van der Waals surface area contributed by atoms with Crippen LogP contribution in [0.25, 0.3) is 10.8 Å². The van der Waals surface area contributed by atoms with Crippen LogP contribution in [0.5, 0.6) is 11.5 Å². The van der Waals surface area contributed by atoms with Gasteiger partial charge in [0.1, 0.15) is 6.61 Å². The summed E-state index contributed by atoms with van der Waals surface area (Å²) in [5.41, 5.74) is 1.67. The van der Waals surface area contributed by atoms with Crippen molar-refractivity contribution in [2.24, 2.45) is 0 Å². The highest BCUT2D eigenvalue weighted by atomic mass is 16.6. The molecule has 0 radical (unpaired) electrons. The maximum atomic E-state index is 12.6. The van der Waals surface area contributed by atoms with E-state index in [1.54, 1.807) is 10.9 Å². The molecule has 1 aliphatic rings. The Hall–Kier alpha value is -3.80. The van der Waals surface area contributed by atoms with E-state index in [-0.39, 0.29) is 12.0 Å². The van der Waals surface area contributed by atoms with E-state index >= 15 is 0 Å². The van der Waals surface area contributed by atoms with Gasteiger partial charge in [-0.1, -0.05) is 54.6 Å². The number of hydrogen-bond acceptors (Lipinski definition) is 4. The van der Waals surface area contributed by atoms with E-state index in [0.29, 0.717) is 25.3 Å². The summed E-state index contributed by atoms with van der Waals surface area (Å²) < 4.78 is 13.5. The third-order valence-corrected chi connectivity index (χ3v) is 5.11. The molecule has 0 fully saturated rings. The third-order valence-electron chi connectivity index (χ3n) is 5.11. The van der Waals surface area contributed by atoms with E-state index in [0.717, 1.165) is 27.8 Å². The topological polar surface area (TPSA) is 65.4 Å². The van der Waals surface area contributed by atoms with Crippen molar-refractivity contribution >= 4 is 22.4 Å². The van der Waals surface area contributed by atoms with Gasteiger partial charge in [0.25, 0.3) is 0 Å². The van der Waals surface area contributed by atoms with Crippen LogP contribution in [0.3, 0.4) is 0 Å². The molecule has 30 heavy (non-hydrogen) atoms. The molecule has 6 heteroatoms. The van der Waals surface area contributed by atoms with E-state index < -0.39 is 0 Å². The summed E-state index contributed by atoms with van der Waals surface area (Å²) in [6.07, 6.45) is 3.63. The molecule has 3 aromatic carbocycles. The van der Waals surface area contributed by atoms with Crippen LogP contribution in [0.4, 0.5) is 5.69 Å². The zero-order valence-electron chi connectivity index (χ0n) is 16.3. The lowest BCUT2D eigenvalue weighted by Crippen LogP contribution is -2.33. The molecule has 1 amide bonds. The Balaban J connectivity index is 1.21. The van der Waals surface area contributed by atoms with E-state index in [1.807, 2.05) is 60.8 Å². The van der Waals surface area contributed by atoms with Crippen molar-refractivity contribution in [3.63, 3.8) is 0 Å². The van der Waals surface area contributed by atoms with Gasteiger partial charge in [-0.15, -0.1) is 0 Å². The van der Waals surface area contributed by atoms with Crippen molar-refractivity contribution in [3.05, 3.63) is 84.7 Å². The van der Waals surface area contributed by atoms with Crippen LogP contribution in [-0.2, 0) is 17.8 Å². The SMILES string of the molecule is O=C(Cc1cccc2ccccc12)Nc1cnn(CC2COc3ccccc3O2)c1. The van der Waals surface area contributed by atoms with E-state index in [1.165, 1.54) is 0 Å². The molecule has 1 N–H and O–H groups in total. The van der Waals surface area contributed by atoms with E-state index in [2.05, 4.69) is 22.5 Å². The summed E-state index contributed by atoms with van der Waals surface area (Å²) in [7, 11) is 0. The fourth-order valence-corrected chi connectivity index (χ4v) is 3.71. The van der Waals surface area contributed by atoms with Crippen LogP contribution in [-0.4, -0.2) is 28.4 Å². The molecule has 0 spiro atoms. The van der Waals surface area contributed by atoms with Gasteiger partial charge >= 0.3 is 0 Å². The van der Waals surface area contributed by atoms with Gasteiger partial charge in [-0.05, 0) is 28.5 Å². The Morgan fingerprint density at radius 2 is 1.83 bits per heavy atom. The summed E-state index contributed by atoms with van der Waals surface area (Å²) >= 11 is 0. The molecule has 150 valence electrons. The highest BCUT2D eigenvalue weighted by Crippen LogP contribution is 2.31. The average Bonchev–Trinajstić information content (AvgIpc) is 3.20. The van der Waals surface area contributed by atoms with Crippen LogP contribution in [0.1, 0.15) is 5.56 Å². The maximum Gasteiger partial charge on any atom is 0.228 e. The average molecular weight is 399 g/mol. The molecule has 1 aromatic heterocycles. The first-order chi connectivity index (χ1) is 14.7. The summed E-state index contributed by atoms with van der Waals surface area (Å²) in [6.45, 7) is 0.993. The Bertz CT molecular complexity index is 1200. The number of amides is 1. The Morgan fingerprint density at radius 3 is 2.77 bits per heavy atom. The number of nitrogens with one attached hydrogen (secondary N) is 1. The smallest absolute Gasteiger partial charge is 0.228 e. The Morgan fingerprint density at radius 1 is 1.03 bits per heavy atom. The van der Waals surface area contributed by atoms with E-state index in [4.69, 9.17) is 9.47 Å². The summed E-state index contributed by atoms with van der Waals surface area (Å²) in [5, 5.41) is 9.51. The summed E-state index contributed by atoms with van der Waals surface area (Å²) in [4.78, 5) is 12.6. The van der Waals surface area contributed by atoms with Crippen molar-refractivity contribution in [1.29, 1.82) is 0 Å². The Labute approximate surface area is 174 Å². The van der Waals surface area contributed by atoms with Crippen molar-refractivity contribution in [1.82, 2.24) is 9.78 Å². The Kier molecular flexibility index (Phi) is 4.81. The zero-order chi connectivity index (χ0) is 20.3. The van der Waals surface area contributed by atoms with Crippen molar-refractivity contribution < 1.29 is 14.3 Å². The first-order valence-electron chi connectivity index (χ1n) is 9.92. The van der Waals surface area contributed by atoms with Crippen molar-refractivity contribution in [3.8, 4) is 11.5 Å². The molecular weight excluding hydrogens is 378 g/mol. The second kappa shape index (κ2) is 7.91. The van der Waals surface area contributed by atoms with Crippen molar-refractivity contribution in [2.75, 3.05) is 11.9 Å². The zero-order valence-corrected chi connectivity index (χ0v) is 16.3. The first-order valence-corrected chi connectivity index (χ1v) is 9.92. The highest BCUT2D eigenvalue weighted by Gasteiger charge is 2.21. The number of hydrogen-bond donors (Lipinski definition) is 1. The molecule has 4 aromatic rings. The number of fused-ring (bicyclic) bond motifs is 2. The predicted molar refractivity (Wildman–Crippen MR) is 115 cm³/mol. The minimum Gasteiger partial charge on any atom is -0.486 e. The molecule has 1 atom stereocenters. The molecular formula is C24H21N3O3. The molecule has 1 unspecified atom stereocenters. The molecule has 1 aliphatic heterocycles. The first kappa shape index (κ1) is 18.2. The number of aromatic nitrogens is 2. The quantitative estimate of drug-likeness (QED) is 0.550. The highest BCUT2D eigenvalue weighted by molar-refractivity contribution is 5.96. The summed E-state index contributed by atoms with van der Waals surface area (Å²) in [5.74, 6) is 1.43. The number of anilines is 1. The van der Waals surface area contributed by atoms with Gasteiger partial charge in [-0.3, -0.25) is 9.48 Å². The number of rotatable bonds is 5. The minimum absolute atomic E-state index is 0.0721. The fraction of sp³-hybridized carbons (Fsp3) is 0.167. The lowest BCUT2D eigenvalue weighted by atomic mass is 10.0. The van der Waals surface area contributed by atoms with Gasteiger partial charge in [0.15, 0.2) is 17.6 Å². The van der Waals surface area contributed by atoms with Gasteiger partial charge in [0.2, 0.25) is 5.91 Å². The second-order valence-corrected chi connectivity index (χ2v) is 7.31. The van der Waals surface area contributed by atoms with Gasteiger partial charge in [-0.25, -0.2) is 0 Å². The maximum absolute atomic E-state index is 12.6. The number of benzene rings is 3. The molecule has 0 saturated carbocycles. The van der Waals surface area contributed by atoms with Gasteiger partial charge in [-0.2, -0.15) is 5.10 Å². The fourth-order valence-electron chi connectivity index (χ4n) is 3.71. The van der Waals surface area contributed by atoms with E-state index in [9.17, 15) is 4.79 Å². The molecule has 2 heterocycles. The van der Waals surface area contributed by atoms with Crippen LogP contribution < -0.4 is 14.8 Å². The lowest BCUT2D eigenvalue weighted by molar-refractivity contribution is -0.115. The van der Waals surface area contributed by atoms with Crippen LogP contribution >= 0.6 is 0 Å². The lowest BCUT2D eigenvalue weighted by Gasteiger charge is -2.26. The number of para-hydroxylation sites is 2. The normalized spacial score (nSPS) is 15.1. The minimum atomic E-state index is -0.140. The number of nitrogens with zero attached hydrogens (tertiary/aromatic N) is 2. The molecule has 0 bridgehead atoms. The number of ether oxygens (including phenoxy) is 2.